The summed E-state index contributed by atoms with van der Waals surface area (Å²) >= 11 is 0. The summed E-state index contributed by atoms with van der Waals surface area (Å²) in [4.78, 5) is 2.47. The predicted octanol–water partition coefficient (Wildman–Crippen LogP) is 3.66. The van der Waals surface area contributed by atoms with Crippen LogP contribution in [0.4, 0.5) is 5.69 Å². The SMILES string of the molecule is CCc1cccc(CC)c1N(CC)CC. The molecule has 0 saturated carbocycles. The van der Waals surface area contributed by atoms with Crippen LogP contribution in [-0.2, 0) is 12.8 Å². The molecule has 0 heterocycles. The van der Waals surface area contributed by atoms with Crippen molar-refractivity contribution < 1.29 is 0 Å². The minimum absolute atomic E-state index is 1.10. The Morgan fingerprint density at radius 3 is 1.67 bits per heavy atom. The minimum atomic E-state index is 1.10. The van der Waals surface area contributed by atoms with E-state index in [9.17, 15) is 0 Å². The summed E-state index contributed by atoms with van der Waals surface area (Å²) in [6, 6.07) is 6.70. The average Bonchev–Trinajstić information content (AvgIpc) is 2.30. The average molecular weight is 205 g/mol. The normalized spacial score (nSPS) is 10.4. The molecule has 1 aromatic rings. The largest absolute Gasteiger partial charge is 0.372 e. The Bertz CT molecular complexity index is 278. The lowest BCUT2D eigenvalue weighted by atomic mass is 10.0. The van der Waals surface area contributed by atoms with E-state index in [1.54, 1.807) is 0 Å². The van der Waals surface area contributed by atoms with E-state index in [0.717, 1.165) is 25.9 Å². The van der Waals surface area contributed by atoms with E-state index >= 15 is 0 Å². The van der Waals surface area contributed by atoms with Gasteiger partial charge in [0.15, 0.2) is 0 Å². The maximum absolute atomic E-state index is 2.47. The smallest absolute Gasteiger partial charge is 0.0430 e. The Kier molecular flexibility index (Phi) is 4.67. The van der Waals surface area contributed by atoms with Crippen molar-refractivity contribution in [1.29, 1.82) is 0 Å². The number of aryl methyl sites for hydroxylation is 2. The number of hydrogen-bond acceptors (Lipinski definition) is 1. The number of nitrogens with zero attached hydrogens (tertiary/aromatic N) is 1. The van der Waals surface area contributed by atoms with Gasteiger partial charge >= 0.3 is 0 Å². The second-order valence-corrected chi connectivity index (χ2v) is 3.80. The monoisotopic (exact) mass is 205 g/mol. The molecule has 0 fully saturated rings. The van der Waals surface area contributed by atoms with Crippen molar-refractivity contribution in [2.75, 3.05) is 18.0 Å². The zero-order chi connectivity index (χ0) is 11.3. The molecule has 0 amide bonds. The van der Waals surface area contributed by atoms with Crippen LogP contribution in [0, 0.1) is 0 Å². The van der Waals surface area contributed by atoms with Crippen LogP contribution in [-0.4, -0.2) is 13.1 Å². The maximum atomic E-state index is 2.47. The molecule has 0 atom stereocenters. The highest BCUT2D eigenvalue weighted by Crippen LogP contribution is 2.26. The fourth-order valence-corrected chi connectivity index (χ4v) is 2.16. The third-order valence-electron chi connectivity index (χ3n) is 3.04. The van der Waals surface area contributed by atoms with E-state index in [4.69, 9.17) is 0 Å². The maximum Gasteiger partial charge on any atom is 0.0430 e. The van der Waals surface area contributed by atoms with Crippen LogP contribution in [0.5, 0.6) is 0 Å². The van der Waals surface area contributed by atoms with Crippen molar-refractivity contribution in [3.63, 3.8) is 0 Å². The summed E-state index contributed by atoms with van der Waals surface area (Å²) in [7, 11) is 0. The first-order chi connectivity index (χ1) is 7.28. The lowest BCUT2D eigenvalue weighted by molar-refractivity contribution is 0.845. The lowest BCUT2D eigenvalue weighted by Crippen LogP contribution is -2.24. The van der Waals surface area contributed by atoms with Crippen molar-refractivity contribution >= 4 is 5.69 Å². The van der Waals surface area contributed by atoms with Gasteiger partial charge in [-0.05, 0) is 37.8 Å². The van der Waals surface area contributed by atoms with Crippen molar-refractivity contribution in [2.24, 2.45) is 0 Å². The van der Waals surface area contributed by atoms with Crippen LogP contribution in [0.3, 0.4) is 0 Å². The molecule has 0 N–H and O–H groups in total. The second-order valence-electron chi connectivity index (χ2n) is 3.80. The van der Waals surface area contributed by atoms with E-state index in [0.29, 0.717) is 0 Å². The number of anilines is 1. The number of hydrogen-bond donors (Lipinski definition) is 0. The third-order valence-corrected chi connectivity index (χ3v) is 3.04. The van der Waals surface area contributed by atoms with Gasteiger partial charge in [-0.3, -0.25) is 0 Å². The first kappa shape index (κ1) is 12.1. The van der Waals surface area contributed by atoms with Crippen LogP contribution >= 0.6 is 0 Å². The van der Waals surface area contributed by atoms with Gasteiger partial charge in [0.1, 0.15) is 0 Å². The third kappa shape index (κ3) is 2.53. The highest BCUT2D eigenvalue weighted by Gasteiger charge is 2.10. The van der Waals surface area contributed by atoms with Crippen LogP contribution in [0.1, 0.15) is 38.8 Å². The summed E-state index contributed by atoms with van der Waals surface area (Å²) in [6.07, 6.45) is 2.25. The summed E-state index contributed by atoms with van der Waals surface area (Å²) in [5.74, 6) is 0. The van der Waals surface area contributed by atoms with Crippen LogP contribution in [0.25, 0.3) is 0 Å². The van der Waals surface area contributed by atoms with Crippen molar-refractivity contribution in [3.8, 4) is 0 Å². The number of para-hydroxylation sites is 1. The summed E-state index contributed by atoms with van der Waals surface area (Å²) < 4.78 is 0. The van der Waals surface area contributed by atoms with Gasteiger partial charge in [-0.1, -0.05) is 32.0 Å². The van der Waals surface area contributed by atoms with Crippen LogP contribution < -0.4 is 4.90 Å². The van der Waals surface area contributed by atoms with Gasteiger partial charge in [0.2, 0.25) is 0 Å². The van der Waals surface area contributed by atoms with Gasteiger partial charge in [-0.15, -0.1) is 0 Å². The lowest BCUT2D eigenvalue weighted by Gasteiger charge is -2.26. The Balaban J connectivity index is 3.20. The molecule has 0 aliphatic heterocycles. The van der Waals surface area contributed by atoms with E-state index in [1.807, 2.05) is 0 Å². The van der Waals surface area contributed by atoms with Crippen molar-refractivity contribution in [3.05, 3.63) is 29.3 Å². The fraction of sp³-hybridized carbons (Fsp3) is 0.571. The molecule has 0 radical (unpaired) electrons. The van der Waals surface area contributed by atoms with Gasteiger partial charge in [-0.2, -0.15) is 0 Å². The molecule has 1 heteroatoms. The van der Waals surface area contributed by atoms with Gasteiger partial charge < -0.3 is 4.90 Å². The minimum Gasteiger partial charge on any atom is -0.372 e. The summed E-state index contributed by atoms with van der Waals surface area (Å²) in [6.45, 7) is 11.1. The Morgan fingerprint density at radius 2 is 1.33 bits per heavy atom. The molecule has 0 aliphatic carbocycles. The molecule has 15 heavy (non-hydrogen) atoms. The van der Waals surface area contributed by atoms with Crippen molar-refractivity contribution in [1.82, 2.24) is 0 Å². The van der Waals surface area contributed by atoms with Gasteiger partial charge in [-0.25, -0.2) is 0 Å². The summed E-state index contributed by atoms with van der Waals surface area (Å²) in [5.41, 5.74) is 4.45. The molecule has 0 spiro atoms. The van der Waals surface area contributed by atoms with Gasteiger partial charge in [0.25, 0.3) is 0 Å². The van der Waals surface area contributed by atoms with Crippen molar-refractivity contribution in [2.45, 2.75) is 40.5 Å². The molecular weight excluding hydrogens is 182 g/mol. The Labute approximate surface area is 94.1 Å². The Hall–Kier alpha value is -0.980. The number of rotatable bonds is 5. The molecule has 1 nitrogen and oxygen atoms in total. The topological polar surface area (TPSA) is 3.24 Å². The molecule has 0 bridgehead atoms. The van der Waals surface area contributed by atoms with E-state index < -0.39 is 0 Å². The molecule has 0 aromatic heterocycles. The summed E-state index contributed by atoms with van der Waals surface area (Å²) in [5, 5.41) is 0. The van der Waals surface area contributed by atoms with Gasteiger partial charge in [0.05, 0.1) is 0 Å². The quantitative estimate of drug-likeness (QED) is 0.709. The van der Waals surface area contributed by atoms with Gasteiger partial charge in [0, 0.05) is 18.8 Å². The highest BCUT2D eigenvalue weighted by atomic mass is 15.1. The first-order valence-electron chi connectivity index (χ1n) is 6.14. The van der Waals surface area contributed by atoms with Crippen LogP contribution in [0.2, 0.25) is 0 Å². The standard InChI is InChI=1S/C14H23N/c1-5-12-10-9-11-13(6-2)14(12)15(7-3)8-4/h9-11H,5-8H2,1-4H3. The molecule has 84 valence electrons. The molecule has 1 aromatic carbocycles. The number of benzene rings is 1. The molecular formula is C14H23N. The zero-order valence-corrected chi connectivity index (χ0v) is 10.5. The molecule has 1 rings (SSSR count). The zero-order valence-electron chi connectivity index (χ0n) is 10.5. The van der Waals surface area contributed by atoms with E-state index in [1.165, 1.54) is 16.8 Å². The Morgan fingerprint density at radius 1 is 0.867 bits per heavy atom. The predicted molar refractivity (Wildman–Crippen MR) is 68.8 cm³/mol. The molecule has 0 saturated heterocycles. The van der Waals surface area contributed by atoms with Crippen LogP contribution in [0.15, 0.2) is 18.2 Å². The van der Waals surface area contributed by atoms with E-state index in [-0.39, 0.29) is 0 Å². The van der Waals surface area contributed by atoms with E-state index in [2.05, 4.69) is 50.8 Å². The first-order valence-corrected chi connectivity index (χ1v) is 6.14. The molecule has 0 aliphatic rings. The fourth-order valence-electron chi connectivity index (χ4n) is 2.16. The highest BCUT2D eigenvalue weighted by molar-refractivity contribution is 5.59. The second kappa shape index (κ2) is 5.79. The molecule has 0 unspecified atom stereocenters.